The van der Waals surface area contributed by atoms with Crippen molar-refractivity contribution in [1.29, 1.82) is 0 Å². The largest absolute Gasteiger partial charge is 0.378 e. The predicted octanol–water partition coefficient (Wildman–Crippen LogP) is 1.83. The van der Waals surface area contributed by atoms with Gasteiger partial charge in [0.1, 0.15) is 0 Å². The molecular formula is C9H13N3O2. The van der Waals surface area contributed by atoms with Gasteiger partial charge in [0.05, 0.1) is 4.92 Å². The van der Waals surface area contributed by atoms with Gasteiger partial charge in [0, 0.05) is 11.3 Å². The molecule has 0 aliphatic carbocycles. The zero-order valence-corrected chi connectivity index (χ0v) is 8.28. The molecule has 1 aromatic rings. The van der Waals surface area contributed by atoms with Gasteiger partial charge in [0.15, 0.2) is 0 Å². The van der Waals surface area contributed by atoms with Crippen LogP contribution in [0.5, 0.6) is 0 Å². The Bertz CT molecular complexity index is 340. The third-order valence-electron chi connectivity index (χ3n) is 1.95. The summed E-state index contributed by atoms with van der Waals surface area (Å²) in [5, 5.41) is 10.6. The zero-order chi connectivity index (χ0) is 10.7. The second-order valence-corrected chi connectivity index (χ2v) is 3.17. The quantitative estimate of drug-likeness (QED) is 0.589. The van der Waals surface area contributed by atoms with Gasteiger partial charge in [-0.3, -0.25) is 10.1 Å². The molecule has 0 aliphatic heterocycles. The van der Waals surface area contributed by atoms with Gasteiger partial charge < -0.3 is 5.73 Å². The Hall–Kier alpha value is -1.65. The van der Waals surface area contributed by atoms with Crippen molar-refractivity contribution in [1.82, 2.24) is 4.98 Å². The Morgan fingerprint density at radius 1 is 1.64 bits per heavy atom. The van der Waals surface area contributed by atoms with Crippen LogP contribution in [0.25, 0.3) is 0 Å². The van der Waals surface area contributed by atoms with E-state index in [0.29, 0.717) is 5.56 Å². The molecule has 2 N–H and O–H groups in total. The van der Waals surface area contributed by atoms with Crippen LogP contribution in [-0.4, -0.2) is 9.91 Å². The van der Waals surface area contributed by atoms with E-state index in [1.54, 1.807) is 13.0 Å². The molecule has 0 fully saturated rings. The van der Waals surface area contributed by atoms with Gasteiger partial charge in [0.2, 0.25) is 5.82 Å². The minimum atomic E-state index is -0.493. The zero-order valence-electron chi connectivity index (χ0n) is 8.28. The topological polar surface area (TPSA) is 82.0 Å². The standard InChI is InChI=1S/C9H13N3O2/c1-3-4-7-5-6(2)8(12(13)14)9(10)11-7/h5H,3-4H2,1-2H3,(H2,10,11). The first-order chi connectivity index (χ1) is 6.56. The number of pyridine rings is 1. The molecular weight excluding hydrogens is 182 g/mol. The molecule has 0 bridgehead atoms. The lowest BCUT2D eigenvalue weighted by Crippen LogP contribution is -2.03. The molecule has 0 aliphatic rings. The number of aromatic nitrogens is 1. The maximum absolute atomic E-state index is 10.6. The van der Waals surface area contributed by atoms with Crippen LogP contribution >= 0.6 is 0 Å². The van der Waals surface area contributed by atoms with Crippen molar-refractivity contribution in [2.75, 3.05) is 5.73 Å². The molecule has 0 aromatic carbocycles. The molecule has 0 atom stereocenters. The van der Waals surface area contributed by atoms with Gasteiger partial charge in [-0.15, -0.1) is 0 Å². The van der Waals surface area contributed by atoms with Crippen molar-refractivity contribution in [3.8, 4) is 0 Å². The highest BCUT2D eigenvalue weighted by Gasteiger charge is 2.17. The number of aryl methyl sites for hydroxylation is 2. The summed E-state index contributed by atoms with van der Waals surface area (Å²) in [5.41, 5.74) is 6.81. The van der Waals surface area contributed by atoms with E-state index in [1.165, 1.54) is 0 Å². The summed E-state index contributed by atoms with van der Waals surface area (Å²) in [6, 6.07) is 1.72. The fourth-order valence-corrected chi connectivity index (χ4v) is 1.38. The first-order valence-electron chi connectivity index (χ1n) is 4.46. The lowest BCUT2D eigenvalue weighted by molar-refractivity contribution is -0.384. The summed E-state index contributed by atoms with van der Waals surface area (Å²) < 4.78 is 0. The maximum Gasteiger partial charge on any atom is 0.314 e. The van der Waals surface area contributed by atoms with E-state index in [2.05, 4.69) is 4.98 Å². The summed E-state index contributed by atoms with van der Waals surface area (Å²) >= 11 is 0. The lowest BCUT2D eigenvalue weighted by atomic mass is 10.1. The SMILES string of the molecule is CCCc1cc(C)c([N+](=O)[O-])c(N)n1. The van der Waals surface area contributed by atoms with Gasteiger partial charge in [-0.2, -0.15) is 0 Å². The van der Waals surface area contributed by atoms with Crippen LogP contribution in [0.3, 0.4) is 0 Å². The number of anilines is 1. The number of hydrogen-bond acceptors (Lipinski definition) is 4. The molecule has 0 radical (unpaired) electrons. The van der Waals surface area contributed by atoms with Crippen LogP contribution in [0.15, 0.2) is 6.07 Å². The normalized spacial score (nSPS) is 10.1. The summed E-state index contributed by atoms with van der Waals surface area (Å²) in [6.07, 6.45) is 1.74. The van der Waals surface area contributed by atoms with E-state index in [0.717, 1.165) is 18.5 Å². The molecule has 76 valence electrons. The van der Waals surface area contributed by atoms with Crippen molar-refractivity contribution in [3.63, 3.8) is 0 Å². The van der Waals surface area contributed by atoms with E-state index in [-0.39, 0.29) is 11.5 Å². The highest BCUT2D eigenvalue weighted by molar-refractivity contribution is 5.57. The smallest absolute Gasteiger partial charge is 0.314 e. The van der Waals surface area contributed by atoms with Gasteiger partial charge in [-0.25, -0.2) is 4.98 Å². The van der Waals surface area contributed by atoms with Crippen LogP contribution in [0.2, 0.25) is 0 Å². The van der Waals surface area contributed by atoms with Crippen molar-refractivity contribution < 1.29 is 4.92 Å². The number of hydrogen-bond donors (Lipinski definition) is 1. The molecule has 5 nitrogen and oxygen atoms in total. The summed E-state index contributed by atoms with van der Waals surface area (Å²) in [4.78, 5) is 14.1. The highest BCUT2D eigenvalue weighted by atomic mass is 16.6. The molecule has 0 spiro atoms. The molecule has 0 saturated heterocycles. The molecule has 0 unspecified atom stereocenters. The molecule has 0 saturated carbocycles. The van der Waals surface area contributed by atoms with Gasteiger partial charge in [0.25, 0.3) is 0 Å². The van der Waals surface area contributed by atoms with Gasteiger partial charge in [-0.05, 0) is 19.4 Å². The Morgan fingerprint density at radius 2 is 2.29 bits per heavy atom. The predicted molar refractivity (Wildman–Crippen MR) is 54.0 cm³/mol. The maximum atomic E-state index is 10.6. The van der Waals surface area contributed by atoms with E-state index >= 15 is 0 Å². The Labute approximate surface area is 82.1 Å². The minimum absolute atomic E-state index is 0.0125. The first kappa shape index (κ1) is 10.4. The van der Waals surface area contributed by atoms with Gasteiger partial charge >= 0.3 is 5.69 Å². The van der Waals surface area contributed by atoms with Gasteiger partial charge in [-0.1, -0.05) is 13.3 Å². The van der Waals surface area contributed by atoms with Crippen molar-refractivity contribution >= 4 is 11.5 Å². The molecule has 1 heterocycles. The monoisotopic (exact) mass is 195 g/mol. The second-order valence-electron chi connectivity index (χ2n) is 3.17. The van der Waals surface area contributed by atoms with E-state index in [9.17, 15) is 10.1 Å². The molecule has 1 aromatic heterocycles. The average Bonchev–Trinajstić information content (AvgIpc) is 2.01. The summed E-state index contributed by atoms with van der Waals surface area (Å²) in [6.45, 7) is 3.70. The molecule has 0 amide bonds. The third-order valence-corrected chi connectivity index (χ3v) is 1.95. The Kier molecular flexibility index (Phi) is 3.01. The van der Waals surface area contributed by atoms with Crippen LogP contribution < -0.4 is 5.73 Å². The van der Waals surface area contributed by atoms with E-state index in [4.69, 9.17) is 5.73 Å². The summed E-state index contributed by atoms with van der Waals surface area (Å²) in [5.74, 6) is 0.0125. The van der Waals surface area contributed by atoms with E-state index in [1.807, 2.05) is 6.92 Å². The van der Waals surface area contributed by atoms with Crippen LogP contribution in [-0.2, 0) is 6.42 Å². The molecule has 5 heteroatoms. The number of nitro groups is 1. The summed E-state index contributed by atoms with van der Waals surface area (Å²) in [7, 11) is 0. The Balaban J connectivity index is 3.18. The molecule has 1 rings (SSSR count). The minimum Gasteiger partial charge on any atom is -0.378 e. The first-order valence-corrected chi connectivity index (χ1v) is 4.46. The third kappa shape index (κ3) is 1.99. The number of nitrogen functional groups attached to an aromatic ring is 1. The lowest BCUT2D eigenvalue weighted by Gasteiger charge is -2.03. The van der Waals surface area contributed by atoms with E-state index < -0.39 is 4.92 Å². The van der Waals surface area contributed by atoms with Crippen LogP contribution in [0.4, 0.5) is 11.5 Å². The number of nitrogens with two attached hydrogens (primary N) is 1. The second kappa shape index (κ2) is 4.04. The number of rotatable bonds is 3. The average molecular weight is 195 g/mol. The Morgan fingerprint density at radius 3 is 2.71 bits per heavy atom. The van der Waals surface area contributed by atoms with Crippen LogP contribution in [0, 0.1) is 17.0 Å². The van der Waals surface area contributed by atoms with Crippen molar-refractivity contribution in [2.45, 2.75) is 26.7 Å². The fraction of sp³-hybridized carbons (Fsp3) is 0.444. The van der Waals surface area contributed by atoms with Crippen molar-refractivity contribution in [3.05, 3.63) is 27.4 Å². The van der Waals surface area contributed by atoms with Crippen LogP contribution in [0.1, 0.15) is 24.6 Å². The fourth-order valence-electron chi connectivity index (χ4n) is 1.38. The highest BCUT2D eigenvalue weighted by Crippen LogP contribution is 2.24. The van der Waals surface area contributed by atoms with Crippen molar-refractivity contribution in [2.24, 2.45) is 0 Å². The number of nitrogens with zero attached hydrogens (tertiary/aromatic N) is 2. The molecule has 14 heavy (non-hydrogen) atoms.